The second-order valence-corrected chi connectivity index (χ2v) is 6.48. The van der Waals surface area contributed by atoms with Crippen LogP contribution in [0.25, 0.3) is 22.7 Å². The van der Waals surface area contributed by atoms with Gasteiger partial charge in [-0.05, 0) is 65.7 Å². The fraction of sp³-hybridized carbons (Fsp3) is 0.158. The molecule has 0 saturated carbocycles. The molecule has 0 aliphatic rings. The minimum absolute atomic E-state index is 0.105. The molecule has 3 rings (SSSR count). The molecule has 0 spiro atoms. The van der Waals surface area contributed by atoms with Crippen LogP contribution in [0.5, 0.6) is 5.75 Å². The van der Waals surface area contributed by atoms with Gasteiger partial charge in [-0.25, -0.2) is 4.98 Å². The summed E-state index contributed by atoms with van der Waals surface area (Å²) in [5, 5.41) is 9.49. The molecule has 0 aliphatic carbocycles. The number of benzene rings is 2. The molecule has 3 aromatic rings. The zero-order valence-corrected chi connectivity index (χ0v) is 15.0. The highest BCUT2D eigenvalue weighted by molar-refractivity contribution is 9.10. The highest BCUT2D eigenvalue weighted by Gasteiger charge is 2.09. The van der Waals surface area contributed by atoms with Gasteiger partial charge in [0.2, 0.25) is 0 Å². The lowest BCUT2D eigenvalue weighted by Gasteiger charge is -2.11. The van der Waals surface area contributed by atoms with Gasteiger partial charge in [-0.3, -0.25) is 0 Å². The van der Waals surface area contributed by atoms with Crippen molar-refractivity contribution in [3.05, 3.63) is 58.3 Å². The number of imidazole rings is 1. The number of halogens is 1. The molecule has 2 aromatic carbocycles. The first-order chi connectivity index (χ1) is 11.6. The van der Waals surface area contributed by atoms with Crippen molar-refractivity contribution in [2.75, 3.05) is 0 Å². The molecule has 120 valence electrons. The number of ether oxygens (including phenoxy) is 1. The minimum Gasteiger partial charge on any atom is -0.490 e. The maximum Gasteiger partial charge on any atom is 0.149 e. The number of allylic oxidation sites excluding steroid dienone is 1. The van der Waals surface area contributed by atoms with Gasteiger partial charge >= 0.3 is 0 Å². The van der Waals surface area contributed by atoms with E-state index in [0.717, 1.165) is 26.8 Å². The summed E-state index contributed by atoms with van der Waals surface area (Å²) in [4.78, 5) is 7.66. The van der Waals surface area contributed by atoms with Gasteiger partial charge in [0.05, 0.1) is 27.2 Å². The van der Waals surface area contributed by atoms with Gasteiger partial charge in [0.25, 0.3) is 0 Å². The number of hydrogen-bond acceptors (Lipinski definition) is 3. The van der Waals surface area contributed by atoms with Gasteiger partial charge in [-0.15, -0.1) is 0 Å². The molecule has 0 unspecified atom stereocenters. The van der Waals surface area contributed by atoms with Crippen molar-refractivity contribution < 1.29 is 4.74 Å². The van der Waals surface area contributed by atoms with Gasteiger partial charge in [-0.2, -0.15) is 5.26 Å². The summed E-state index contributed by atoms with van der Waals surface area (Å²) in [6.45, 7) is 3.96. The van der Waals surface area contributed by atoms with E-state index in [9.17, 15) is 5.26 Å². The lowest BCUT2D eigenvalue weighted by molar-refractivity contribution is 0.241. The molecule has 0 radical (unpaired) electrons. The summed E-state index contributed by atoms with van der Waals surface area (Å²) in [6.07, 6.45) is 1.91. The quantitative estimate of drug-likeness (QED) is 0.633. The first-order valence-corrected chi connectivity index (χ1v) is 8.39. The lowest BCUT2D eigenvalue weighted by atomic mass is 10.1. The molecule has 0 bridgehead atoms. The van der Waals surface area contributed by atoms with E-state index in [2.05, 4.69) is 32.0 Å². The molecule has 0 saturated heterocycles. The number of aromatic amines is 1. The standard InChI is InChI=1S/C19H16BrN3O/c1-12(2)24-18-8-7-13(10-15(18)20)9-14(11-21)19-22-16-5-3-4-6-17(16)23-19/h3-10,12H,1-2H3,(H,22,23)/b14-9+. The molecule has 1 aromatic heterocycles. The van der Waals surface area contributed by atoms with Gasteiger partial charge in [-0.1, -0.05) is 18.2 Å². The van der Waals surface area contributed by atoms with Gasteiger partial charge in [0.15, 0.2) is 0 Å². The molecule has 0 atom stereocenters. The van der Waals surface area contributed by atoms with Crippen LogP contribution in [0.1, 0.15) is 25.2 Å². The number of hydrogen-bond donors (Lipinski definition) is 1. The normalized spacial score (nSPS) is 11.7. The Morgan fingerprint density at radius 1 is 1.29 bits per heavy atom. The summed E-state index contributed by atoms with van der Waals surface area (Å²) in [5.74, 6) is 1.35. The Hall–Kier alpha value is -2.58. The van der Waals surface area contributed by atoms with Crippen LogP contribution in [0.4, 0.5) is 0 Å². The van der Waals surface area contributed by atoms with Crippen LogP contribution in [-0.4, -0.2) is 16.1 Å². The van der Waals surface area contributed by atoms with Crippen molar-refractivity contribution in [2.24, 2.45) is 0 Å². The number of para-hydroxylation sites is 2. The molecule has 0 aliphatic heterocycles. The topological polar surface area (TPSA) is 61.7 Å². The van der Waals surface area contributed by atoms with E-state index < -0.39 is 0 Å². The summed E-state index contributed by atoms with van der Waals surface area (Å²) in [5.41, 5.74) is 3.14. The number of nitrogens with one attached hydrogen (secondary N) is 1. The van der Waals surface area contributed by atoms with Crippen molar-refractivity contribution >= 4 is 38.6 Å². The van der Waals surface area contributed by atoms with E-state index in [4.69, 9.17) is 4.74 Å². The first-order valence-electron chi connectivity index (χ1n) is 7.60. The van der Waals surface area contributed by atoms with Crippen molar-refractivity contribution in [1.82, 2.24) is 9.97 Å². The zero-order valence-electron chi connectivity index (χ0n) is 13.4. The van der Waals surface area contributed by atoms with Crippen LogP contribution in [0.3, 0.4) is 0 Å². The number of fused-ring (bicyclic) bond motifs is 1. The Balaban J connectivity index is 1.96. The van der Waals surface area contributed by atoms with Gasteiger partial charge < -0.3 is 9.72 Å². The summed E-state index contributed by atoms with van der Waals surface area (Å²) >= 11 is 3.51. The molecule has 0 amide bonds. The SMILES string of the molecule is CC(C)Oc1ccc(/C=C(\C#N)c2nc3ccccc3[nH]2)cc1Br. The molecule has 5 heteroatoms. The second-order valence-electron chi connectivity index (χ2n) is 5.63. The lowest BCUT2D eigenvalue weighted by Crippen LogP contribution is -2.05. The van der Waals surface area contributed by atoms with E-state index in [0.29, 0.717) is 11.4 Å². The molecule has 1 N–H and O–H groups in total. The van der Waals surface area contributed by atoms with Crippen LogP contribution in [0.15, 0.2) is 46.9 Å². The molecule has 0 fully saturated rings. The molecule has 1 heterocycles. The second kappa shape index (κ2) is 6.90. The van der Waals surface area contributed by atoms with Crippen LogP contribution in [-0.2, 0) is 0 Å². The van der Waals surface area contributed by atoms with Crippen molar-refractivity contribution in [3.8, 4) is 11.8 Å². The molecular weight excluding hydrogens is 366 g/mol. The Labute approximate surface area is 148 Å². The first kappa shape index (κ1) is 16.3. The number of nitrogens with zero attached hydrogens (tertiary/aromatic N) is 2. The number of aromatic nitrogens is 2. The van der Waals surface area contributed by atoms with E-state index in [-0.39, 0.29) is 6.10 Å². The number of H-pyrrole nitrogens is 1. The summed E-state index contributed by atoms with van der Waals surface area (Å²) in [7, 11) is 0. The van der Waals surface area contributed by atoms with Crippen molar-refractivity contribution in [3.63, 3.8) is 0 Å². The van der Waals surface area contributed by atoms with Crippen molar-refractivity contribution in [1.29, 1.82) is 5.26 Å². The van der Waals surface area contributed by atoms with Gasteiger partial charge in [0, 0.05) is 0 Å². The Morgan fingerprint density at radius 3 is 2.75 bits per heavy atom. The number of nitriles is 1. The average Bonchev–Trinajstić information content (AvgIpc) is 2.98. The molecule has 4 nitrogen and oxygen atoms in total. The maximum atomic E-state index is 9.49. The Kier molecular flexibility index (Phi) is 4.68. The zero-order chi connectivity index (χ0) is 17.1. The third-order valence-electron chi connectivity index (χ3n) is 3.39. The molecular formula is C19H16BrN3O. The van der Waals surface area contributed by atoms with Crippen LogP contribution in [0.2, 0.25) is 0 Å². The van der Waals surface area contributed by atoms with E-state index >= 15 is 0 Å². The third-order valence-corrected chi connectivity index (χ3v) is 4.01. The van der Waals surface area contributed by atoms with Gasteiger partial charge in [0.1, 0.15) is 17.6 Å². The predicted octanol–water partition coefficient (Wildman–Crippen LogP) is 5.18. The largest absolute Gasteiger partial charge is 0.490 e. The van der Waals surface area contributed by atoms with Crippen LogP contribution in [0, 0.1) is 11.3 Å². The fourth-order valence-electron chi connectivity index (χ4n) is 2.36. The number of rotatable bonds is 4. The highest BCUT2D eigenvalue weighted by Crippen LogP contribution is 2.28. The van der Waals surface area contributed by atoms with E-state index in [1.54, 1.807) is 0 Å². The summed E-state index contributed by atoms with van der Waals surface area (Å²) in [6, 6.07) is 15.7. The Morgan fingerprint density at radius 2 is 2.08 bits per heavy atom. The third kappa shape index (κ3) is 3.50. The predicted molar refractivity (Wildman–Crippen MR) is 99.5 cm³/mol. The summed E-state index contributed by atoms with van der Waals surface area (Å²) < 4.78 is 6.56. The van der Waals surface area contributed by atoms with E-state index in [1.807, 2.05) is 62.4 Å². The minimum atomic E-state index is 0.105. The average molecular weight is 382 g/mol. The molecule has 24 heavy (non-hydrogen) atoms. The van der Waals surface area contributed by atoms with Crippen LogP contribution < -0.4 is 4.74 Å². The van der Waals surface area contributed by atoms with Crippen LogP contribution >= 0.6 is 15.9 Å². The maximum absolute atomic E-state index is 9.49. The smallest absolute Gasteiger partial charge is 0.149 e. The highest BCUT2D eigenvalue weighted by atomic mass is 79.9. The fourth-order valence-corrected chi connectivity index (χ4v) is 2.85. The monoisotopic (exact) mass is 381 g/mol. The Bertz CT molecular complexity index is 918. The van der Waals surface area contributed by atoms with Crippen molar-refractivity contribution in [2.45, 2.75) is 20.0 Å². The van der Waals surface area contributed by atoms with E-state index in [1.165, 1.54) is 0 Å².